The van der Waals surface area contributed by atoms with Gasteiger partial charge in [0, 0.05) is 12.5 Å². The molecular weight excluding hydrogens is 228 g/mol. The van der Waals surface area contributed by atoms with Gasteiger partial charge >= 0.3 is 0 Å². The van der Waals surface area contributed by atoms with Crippen LogP contribution < -0.4 is 15.8 Å². The van der Waals surface area contributed by atoms with Crippen molar-refractivity contribution in [1.82, 2.24) is 5.32 Å². The first kappa shape index (κ1) is 14.4. The summed E-state index contributed by atoms with van der Waals surface area (Å²) in [6, 6.07) is 5.86. The quantitative estimate of drug-likeness (QED) is 0.760. The number of nitrogens with one attached hydrogen (secondary N) is 1. The number of benzene rings is 1. The number of nitrogen functional groups attached to an aromatic ring is 1. The van der Waals surface area contributed by atoms with Crippen molar-refractivity contribution >= 4 is 11.6 Å². The van der Waals surface area contributed by atoms with Crippen molar-refractivity contribution in [3.63, 3.8) is 0 Å². The van der Waals surface area contributed by atoms with Gasteiger partial charge in [-0.05, 0) is 44.9 Å². The van der Waals surface area contributed by atoms with E-state index in [0.717, 1.165) is 5.56 Å². The Labute approximate surface area is 109 Å². The van der Waals surface area contributed by atoms with Gasteiger partial charge in [0.15, 0.2) is 0 Å². The summed E-state index contributed by atoms with van der Waals surface area (Å²) in [4.78, 5) is 11.5. The highest BCUT2D eigenvalue weighted by Crippen LogP contribution is 2.23. The van der Waals surface area contributed by atoms with Crippen molar-refractivity contribution in [3.05, 3.63) is 23.8 Å². The van der Waals surface area contributed by atoms with Gasteiger partial charge in [0.1, 0.15) is 5.75 Å². The topological polar surface area (TPSA) is 64.3 Å². The fourth-order valence-corrected chi connectivity index (χ4v) is 1.69. The Bertz CT molecular complexity index is 403. The zero-order valence-electron chi connectivity index (χ0n) is 11.3. The molecule has 0 aliphatic heterocycles. The van der Waals surface area contributed by atoms with E-state index in [9.17, 15) is 4.79 Å². The second-order valence-electron chi connectivity index (χ2n) is 4.53. The van der Waals surface area contributed by atoms with E-state index in [1.165, 1.54) is 0 Å². The lowest BCUT2D eigenvalue weighted by Crippen LogP contribution is -2.30. The molecule has 4 nitrogen and oxygen atoms in total. The summed E-state index contributed by atoms with van der Waals surface area (Å²) in [5.74, 6) is 0.769. The summed E-state index contributed by atoms with van der Waals surface area (Å²) >= 11 is 0. The van der Waals surface area contributed by atoms with Crippen LogP contribution in [-0.2, 0) is 11.2 Å². The maximum absolute atomic E-state index is 11.5. The summed E-state index contributed by atoms with van der Waals surface area (Å²) in [5.41, 5.74) is 7.54. The lowest BCUT2D eigenvalue weighted by atomic mass is 10.1. The van der Waals surface area contributed by atoms with E-state index in [4.69, 9.17) is 10.5 Å². The van der Waals surface area contributed by atoms with Gasteiger partial charge in [0.25, 0.3) is 0 Å². The number of amides is 1. The van der Waals surface area contributed by atoms with Gasteiger partial charge < -0.3 is 15.8 Å². The van der Waals surface area contributed by atoms with Gasteiger partial charge in [-0.1, -0.05) is 6.07 Å². The fraction of sp³-hybridized carbons (Fsp3) is 0.500. The van der Waals surface area contributed by atoms with E-state index < -0.39 is 0 Å². The molecule has 1 aromatic rings. The Hall–Kier alpha value is -1.71. The van der Waals surface area contributed by atoms with Crippen LogP contribution in [0.3, 0.4) is 0 Å². The maximum Gasteiger partial charge on any atom is 0.220 e. The Morgan fingerprint density at radius 3 is 2.72 bits per heavy atom. The van der Waals surface area contributed by atoms with Gasteiger partial charge in [0.05, 0.1) is 12.3 Å². The average molecular weight is 250 g/mol. The summed E-state index contributed by atoms with van der Waals surface area (Å²) in [6.07, 6.45) is 1.17. The number of carbonyl (C=O) groups is 1. The minimum Gasteiger partial charge on any atom is -0.492 e. The monoisotopic (exact) mass is 250 g/mol. The van der Waals surface area contributed by atoms with Crippen LogP contribution in [0.2, 0.25) is 0 Å². The minimum atomic E-state index is 0.0671. The predicted molar refractivity (Wildman–Crippen MR) is 73.6 cm³/mol. The molecule has 0 radical (unpaired) electrons. The molecule has 1 aromatic carbocycles. The van der Waals surface area contributed by atoms with Crippen molar-refractivity contribution in [3.8, 4) is 5.75 Å². The van der Waals surface area contributed by atoms with Crippen molar-refractivity contribution in [2.24, 2.45) is 0 Å². The van der Waals surface area contributed by atoms with Crippen LogP contribution in [0.4, 0.5) is 5.69 Å². The first-order valence-corrected chi connectivity index (χ1v) is 6.33. The van der Waals surface area contributed by atoms with Crippen LogP contribution in [-0.4, -0.2) is 18.6 Å². The van der Waals surface area contributed by atoms with Gasteiger partial charge in [-0.25, -0.2) is 0 Å². The van der Waals surface area contributed by atoms with Crippen molar-refractivity contribution in [2.45, 2.75) is 39.7 Å². The zero-order chi connectivity index (χ0) is 13.5. The molecule has 0 fully saturated rings. The number of nitrogens with two attached hydrogens (primary N) is 1. The van der Waals surface area contributed by atoms with E-state index in [1.807, 2.05) is 39.0 Å². The Kier molecular flexibility index (Phi) is 5.49. The van der Waals surface area contributed by atoms with E-state index in [-0.39, 0.29) is 11.9 Å². The highest BCUT2D eigenvalue weighted by molar-refractivity contribution is 5.76. The third kappa shape index (κ3) is 4.65. The summed E-state index contributed by atoms with van der Waals surface area (Å²) in [5, 5.41) is 2.86. The summed E-state index contributed by atoms with van der Waals surface area (Å²) < 4.78 is 5.37. The molecule has 0 spiro atoms. The summed E-state index contributed by atoms with van der Waals surface area (Å²) in [6.45, 7) is 6.42. The number of hydrogen-bond acceptors (Lipinski definition) is 3. The molecule has 0 aromatic heterocycles. The zero-order valence-corrected chi connectivity index (χ0v) is 11.3. The van der Waals surface area contributed by atoms with Crippen LogP contribution >= 0.6 is 0 Å². The second-order valence-corrected chi connectivity index (χ2v) is 4.53. The number of ether oxygens (including phenoxy) is 1. The van der Waals surface area contributed by atoms with Gasteiger partial charge in [0.2, 0.25) is 5.91 Å². The molecule has 1 amide bonds. The highest BCUT2D eigenvalue weighted by Gasteiger charge is 2.06. The number of carbonyl (C=O) groups excluding carboxylic acids is 1. The normalized spacial score (nSPS) is 10.4. The van der Waals surface area contributed by atoms with Gasteiger partial charge in [-0.3, -0.25) is 4.79 Å². The molecule has 1 rings (SSSR count). The molecule has 18 heavy (non-hydrogen) atoms. The molecule has 0 aliphatic rings. The molecule has 0 aliphatic carbocycles. The number of hydrogen-bond donors (Lipinski definition) is 2. The molecule has 0 saturated carbocycles. The van der Waals surface area contributed by atoms with Crippen molar-refractivity contribution in [2.75, 3.05) is 12.3 Å². The molecule has 100 valence electrons. The van der Waals surface area contributed by atoms with E-state index in [2.05, 4.69) is 5.32 Å². The molecule has 0 atom stereocenters. The molecule has 0 unspecified atom stereocenters. The van der Waals surface area contributed by atoms with Crippen molar-refractivity contribution < 1.29 is 9.53 Å². The first-order chi connectivity index (χ1) is 8.52. The molecule has 0 heterocycles. The Morgan fingerprint density at radius 2 is 2.17 bits per heavy atom. The largest absolute Gasteiger partial charge is 0.492 e. The smallest absolute Gasteiger partial charge is 0.220 e. The Morgan fingerprint density at radius 1 is 1.44 bits per heavy atom. The van der Waals surface area contributed by atoms with E-state index >= 15 is 0 Å². The molecule has 0 bridgehead atoms. The molecular formula is C14H22N2O2. The standard InChI is InChI=1S/C14H22N2O2/c1-4-18-13-7-5-11(9-12(13)15)6-8-14(17)16-10(2)3/h5,7,9-10H,4,6,8,15H2,1-3H3,(H,16,17). The maximum atomic E-state index is 11.5. The lowest BCUT2D eigenvalue weighted by Gasteiger charge is -2.10. The van der Waals surface area contributed by atoms with Crippen LogP contribution in [0.25, 0.3) is 0 Å². The van der Waals surface area contributed by atoms with Crippen LogP contribution in [0.15, 0.2) is 18.2 Å². The highest BCUT2D eigenvalue weighted by atomic mass is 16.5. The number of aryl methyl sites for hydroxylation is 1. The SMILES string of the molecule is CCOc1ccc(CCC(=O)NC(C)C)cc1N. The number of anilines is 1. The third-order valence-corrected chi connectivity index (χ3v) is 2.46. The van der Waals surface area contributed by atoms with E-state index in [1.54, 1.807) is 0 Å². The first-order valence-electron chi connectivity index (χ1n) is 6.33. The van der Waals surface area contributed by atoms with Gasteiger partial charge in [-0.2, -0.15) is 0 Å². The second kappa shape index (κ2) is 6.89. The lowest BCUT2D eigenvalue weighted by molar-refractivity contribution is -0.121. The van der Waals surface area contributed by atoms with Crippen LogP contribution in [0.5, 0.6) is 5.75 Å². The molecule has 4 heteroatoms. The van der Waals surface area contributed by atoms with Crippen molar-refractivity contribution in [1.29, 1.82) is 0 Å². The predicted octanol–water partition coefficient (Wildman–Crippen LogP) is 2.12. The third-order valence-electron chi connectivity index (χ3n) is 2.46. The fourth-order valence-electron chi connectivity index (χ4n) is 1.69. The van der Waals surface area contributed by atoms with Crippen LogP contribution in [0.1, 0.15) is 32.8 Å². The Balaban J connectivity index is 2.53. The molecule has 0 saturated heterocycles. The van der Waals surface area contributed by atoms with Crippen LogP contribution in [0, 0.1) is 0 Å². The summed E-state index contributed by atoms with van der Waals surface area (Å²) in [7, 11) is 0. The minimum absolute atomic E-state index is 0.0671. The number of rotatable bonds is 6. The van der Waals surface area contributed by atoms with E-state index in [0.29, 0.717) is 30.9 Å². The van der Waals surface area contributed by atoms with Gasteiger partial charge in [-0.15, -0.1) is 0 Å². The molecule has 3 N–H and O–H groups in total. The average Bonchev–Trinajstić information content (AvgIpc) is 2.29.